The summed E-state index contributed by atoms with van der Waals surface area (Å²) >= 11 is 12.2. The molecule has 0 atom stereocenters. The minimum absolute atomic E-state index is 0.0248. The summed E-state index contributed by atoms with van der Waals surface area (Å²) in [6, 6.07) is 11.8. The smallest absolute Gasteiger partial charge is 0.344 e. The number of imidazole rings is 1. The molecule has 0 saturated carbocycles. The molecule has 0 bridgehead atoms. The van der Waals surface area contributed by atoms with Crippen LogP contribution in [0.2, 0.25) is 10.0 Å². The van der Waals surface area contributed by atoms with E-state index in [1.54, 1.807) is 62.7 Å². The molecule has 0 spiro atoms. The lowest BCUT2D eigenvalue weighted by molar-refractivity contribution is -0.145. The fourth-order valence-electron chi connectivity index (χ4n) is 3.66. The van der Waals surface area contributed by atoms with Crippen molar-refractivity contribution in [3.63, 3.8) is 0 Å². The molecule has 2 heterocycles. The number of benzene rings is 2. The molecule has 0 fully saturated rings. The van der Waals surface area contributed by atoms with Crippen LogP contribution in [0.25, 0.3) is 11.2 Å². The summed E-state index contributed by atoms with van der Waals surface area (Å²) in [5, 5.41) is 5.00. The van der Waals surface area contributed by atoms with E-state index in [2.05, 4.69) is 15.5 Å². The van der Waals surface area contributed by atoms with Crippen LogP contribution in [-0.2, 0) is 30.2 Å². The summed E-state index contributed by atoms with van der Waals surface area (Å²) in [5.74, 6) is 0.332. The lowest BCUT2D eigenvalue weighted by atomic mass is 10.2. The predicted octanol–water partition coefficient (Wildman–Crippen LogP) is 3.18. The Kier molecular flexibility index (Phi) is 8.18. The van der Waals surface area contributed by atoms with Gasteiger partial charge in [-0.25, -0.2) is 15.0 Å². The molecule has 0 amide bonds. The maximum absolute atomic E-state index is 13.3. The molecule has 0 unspecified atom stereocenters. The zero-order chi connectivity index (χ0) is 27.4. The van der Waals surface area contributed by atoms with Crippen molar-refractivity contribution in [2.75, 3.05) is 18.6 Å². The molecule has 2 aromatic carbocycles. The molecule has 13 heteroatoms. The quantitative estimate of drug-likeness (QED) is 0.190. The summed E-state index contributed by atoms with van der Waals surface area (Å²) in [7, 11) is 3.18. The monoisotopic (exact) mass is 558 g/mol. The fourth-order valence-corrected chi connectivity index (χ4v) is 4.13. The Balaban J connectivity index is 1.54. The molecule has 4 rings (SSSR count). The van der Waals surface area contributed by atoms with Crippen molar-refractivity contribution >= 4 is 52.5 Å². The number of carbonyl (C=O) groups is 1. The van der Waals surface area contributed by atoms with Gasteiger partial charge in [-0.05, 0) is 54.4 Å². The van der Waals surface area contributed by atoms with Crippen molar-refractivity contribution in [1.29, 1.82) is 0 Å². The number of halogens is 2. The number of hydrogen-bond acceptors (Lipinski definition) is 8. The second kappa shape index (κ2) is 11.5. The summed E-state index contributed by atoms with van der Waals surface area (Å²) < 4.78 is 14.1. The van der Waals surface area contributed by atoms with Gasteiger partial charge < -0.3 is 14.0 Å². The van der Waals surface area contributed by atoms with E-state index in [9.17, 15) is 14.4 Å². The summed E-state index contributed by atoms with van der Waals surface area (Å²) in [4.78, 5) is 42.1. The summed E-state index contributed by atoms with van der Waals surface area (Å²) in [5.41, 5.74) is 3.51. The van der Waals surface area contributed by atoms with Crippen LogP contribution in [0.15, 0.2) is 57.2 Å². The SMILES string of the molecule is CCOC(=O)COc1ccc(C=NNc2nc3c(c(=O)n(Cc4ccc(Cl)cc4Cl)c(=O)n3C)n2C)cc1. The molecule has 4 aromatic rings. The van der Waals surface area contributed by atoms with Gasteiger partial charge in [-0.15, -0.1) is 0 Å². The Morgan fingerprint density at radius 2 is 1.84 bits per heavy atom. The van der Waals surface area contributed by atoms with Crippen molar-refractivity contribution in [3.05, 3.63) is 84.5 Å². The third-order valence-corrected chi connectivity index (χ3v) is 6.21. The lowest BCUT2D eigenvalue weighted by Crippen LogP contribution is -2.39. The Hall–Kier alpha value is -4.09. The molecule has 2 aromatic heterocycles. The van der Waals surface area contributed by atoms with Gasteiger partial charge in [-0.2, -0.15) is 10.1 Å². The zero-order valence-corrected chi connectivity index (χ0v) is 22.3. The number of hydrogen-bond donors (Lipinski definition) is 1. The van der Waals surface area contributed by atoms with Crippen molar-refractivity contribution in [2.45, 2.75) is 13.5 Å². The second-order valence-corrected chi connectivity index (χ2v) is 9.01. The largest absolute Gasteiger partial charge is 0.482 e. The van der Waals surface area contributed by atoms with Crippen LogP contribution in [0, 0.1) is 0 Å². The Morgan fingerprint density at radius 1 is 1.11 bits per heavy atom. The fraction of sp³-hybridized carbons (Fsp3) is 0.240. The highest BCUT2D eigenvalue weighted by molar-refractivity contribution is 6.35. The Morgan fingerprint density at radius 3 is 2.53 bits per heavy atom. The normalized spacial score (nSPS) is 11.3. The minimum atomic E-state index is -0.535. The molecule has 38 heavy (non-hydrogen) atoms. The summed E-state index contributed by atoms with van der Waals surface area (Å²) in [6.07, 6.45) is 1.55. The number of anilines is 1. The first-order chi connectivity index (χ1) is 18.2. The van der Waals surface area contributed by atoms with Crippen LogP contribution in [0.4, 0.5) is 5.95 Å². The zero-order valence-electron chi connectivity index (χ0n) is 20.8. The van der Waals surface area contributed by atoms with Crippen LogP contribution >= 0.6 is 23.2 Å². The second-order valence-electron chi connectivity index (χ2n) is 8.17. The number of ether oxygens (including phenoxy) is 2. The van der Waals surface area contributed by atoms with Crippen LogP contribution in [-0.4, -0.2) is 44.1 Å². The van der Waals surface area contributed by atoms with Gasteiger partial charge in [0.05, 0.1) is 19.4 Å². The van der Waals surface area contributed by atoms with Crippen LogP contribution in [0.1, 0.15) is 18.1 Å². The molecule has 0 aliphatic carbocycles. The minimum Gasteiger partial charge on any atom is -0.482 e. The van der Waals surface area contributed by atoms with Crippen LogP contribution < -0.4 is 21.4 Å². The van der Waals surface area contributed by atoms with Gasteiger partial charge in [0.15, 0.2) is 17.8 Å². The number of aromatic nitrogens is 4. The molecular weight excluding hydrogens is 535 g/mol. The molecule has 0 aliphatic rings. The van der Waals surface area contributed by atoms with Gasteiger partial charge in [-0.3, -0.25) is 13.9 Å². The average Bonchev–Trinajstić information content (AvgIpc) is 3.22. The first-order valence-corrected chi connectivity index (χ1v) is 12.2. The first kappa shape index (κ1) is 27.0. The van der Waals surface area contributed by atoms with Crippen LogP contribution in [0.3, 0.4) is 0 Å². The van der Waals surface area contributed by atoms with Gasteiger partial charge >= 0.3 is 11.7 Å². The van der Waals surface area contributed by atoms with E-state index in [1.807, 2.05) is 0 Å². The number of fused-ring (bicyclic) bond motifs is 1. The third kappa shape index (κ3) is 5.74. The van der Waals surface area contributed by atoms with Crippen molar-refractivity contribution < 1.29 is 14.3 Å². The Labute approximate surface area is 226 Å². The van der Waals surface area contributed by atoms with E-state index >= 15 is 0 Å². The number of rotatable bonds is 9. The standard InChI is InChI=1S/C25H24Cl2N6O5/c1-4-37-20(34)14-38-18-9-5-15(6-10-18)12-28-30-24-29-22-21(31(24)2)23(35)33(25(36)32(22)3)13-16-7-8-17(26)11-19(16)27/h5-12H,4,13-14H2,1-3H3,(H,29,30). The van der Waals surface area contributed by atoms with Crippen LogP contribution in [0.5, 0.6) is 5.75 Å². The number of carbonyl (C=O) groups excluding carboxylic acids is 1. The maximum Gasteiger partial charge on any atom is 0.344 e. The molecule has 11 nitrogen and oxygen atoms in total. The van der Waals surface area contributed by atoms with E-state index in [0.717, 1.165) is 10.1 Å². The summed E-state index contributed by atoms with van der Waals surface area (Å²) in [6.45, 7) is 1.82. The first-order valence-electron chi connectivity index (χ1n) is 11.5. The number of esters is 1. The van der Waals surface area contributed by atoms with E-state index in [4.69, 9.17) is 32.7 Å². The third-order valence-electron chi connectivity index (χ3n) is 5.62. The van der Waals surface area contributed by atoms with E-state index in [0.29, 0.717) is 28.0 Å². The highest BCUT2D eigenvalue weighted by Crippen LogP contribution is 2.21. The maximum atomic E-state index is 13.3. The number of nitrogens with zero attached hydrogens (tertiary/aromatic N) is 5. The highest BCUT2D eigenvalue weighted by atomic mass is 35.5. The van der Waals surface area contributed by atoms with Crippen molar-refractivity contribution in [1.82, 2.24) is 18.7 Å². The molecule has 0 radical (unpaired) electrons. The number of nitrogens with one attached hydrogen (secondary N) is 1. The Bertz CT molecular complexity index is 1640. The molecule has 1 N–H and O–H groups in total. The van der Waals surface area contributed by atoms with Gasteiger partial charge in [-0.1, -0.05) is 29.3 Å². The van der Waals surface area contributed by atoms with E-state index in [1.165, 1.54) is 16.2 Å². The average molecular weight is 559 g/mol. The van der Waals surface area contributed by atoms with E-state index < -0.39 is 17.2 Å². The predicted molar refractivity (Wildman–Crippen MR) is 146 cm³/mol. The molecule has 0 aliphatic heterocycles. The molecule has 198 valence electrons. The van der Waals surface area contributed by atoms with Gasteiger partial charge in [0.1, 0.15) is 5.75 Å². The van der Waals surface area contributed by atoms with Gasteiger partial charge in [0.25, 0.3) is 5.56 Å². The van der Waals surface area contributed by atoms with Gasteiger partial charge in [0.2, 0.25) is 5.95 Å². The number of aryl methyl sites for hydroxylation is 2. The molecular formula is C25H24Cl2N6O5. The van der Waals surface area contributed by atoms with Crippen molar-refractivity contribution in [2.24, 2.45) is 19.2 Å². The number of hydrazone groups is 1. The molecule has 0 saturated heterocycles. The lowest BCUT2D eigenvalue weighted by Gasteiger charge is -2.10. The van der Waals surface area contributed by atoms with Crippen molar-refractivity contribution in [3.8, 4) is 5.75 Å². The topological polar surface area (TPSA) is 122 Å². The van der Waals surface area contributed by atoms with E-state index in [-0.39, 0.29) is 30.3 Å². The highest BCUT2D eigenvalue weighted by Gasteiger charge is 2.19. The van der Waals surface area contributed by atoms with Gasteiger partial charge in [0, 0.05) is 24.1 Å².